The highest BCUT2D eigenvalue weighted by molar-refractivity contribution is 9.10. The number of benzene rings is 2. The SMILES string of the molecule is O=C(C[C@H](Nc1ccc(Br)cc1)C(=O)OCC(=O)c1cccs1)c1ccccc1. The maximum Gasteiger partial charge on any atom is 0.329 e. The van der Waals surface area contributed by atoms with Crippen LogP contribution in [0.1, 0.15) is 26.5 Å². The van der Waals surface area contributed by atoms with Crippen LogP contribution in [0.4, 0.5) is 5.69 Å². The molecular formula is C22H18BrNO4S. The lowest BCUT2D eigenvalue weighted by Crippen LogP contribution is -2.34. The zero-order valence-corrected chi connectivity index (χ0v) is 17.7. The summed E-state index contributed by atoms with van der Waals surface area (Å²) in [7, 11) is 0. The van der Waals surface area contributed by atoms with E-state index in [1.807, 2.05) is 18.2 Å². The molecule has 0 aliphatic heterocycles. The molecule has 0 amide bonds. The second-order valence-corrected chi connectivity index (χ2v) is 8.07. The van der Waals surface area contributed by atoms with Gasteiger partial charge >= 0.3 is 5.97 Å². The van der Waals surface area contributed by atoms with Crippen molar-refractivity contribution in [1.29, 1.82) is 0 Å². The van der Waals surface area contributed by atoms with Crippen molar-refractivity contribution < 1.29 is 19.1 Å². The van der Waals surface area contributed by atoms with Crippen LogP contribution in [-0.4, -0.2) is 30.2 Å². The van der Waals surface area contributed by atoms with Gasteiger partial charge in [0, 0.05) is 22.1 Å². The van der Waals surface area contributed by atoms with Crippen LogP contribution in [0.2, 0.25) is 0 Å². The summed E-state index contributed by atoms with van der Waals surface area (Å²) < 4.78 is 6.11. The van der Waals surface area contributed by atoms with Crippen molar-refractivity contribution in [3.63, 3.8) is 0 Å². The summed E-state index contributed by atoms with van der Waals surface area (Å²) in [6, 6.07) is 18.5. The highest BCUT2D eigenvalue weighted by atomic mass is 79.9. The molecule has 3 aromatic rings. The number of Topliss-reactive ketones (excluding diaryl/α,β-unsaturated/α-hetero) is 2. The monoisotopic (exact) mass is 471 g/mol. The van der Waals surface area contributed by atoms with Crippen molar-refractivity contribution in [2.24, 2.45) is 0 Å². The molecule has 29 heavy (non-hydrogen) atoms. The number of hydrogen-bond acceptors (Lipinski definition) is 6. The zero-order valence-electron chi connectivity index (χ0n) is 15.3. The van der Waals surface area contributed by atoms with Gasteiger partial charge in [-0.15, -0.1) is 11.3 Å². The first-order valence-corrected chi connectivity index (χ1v) is 10.5. The maximum atomic E-state index is 12.7. The van der Waals surface area contributed by atoms with E-state index in [0.717, 1.165) is 4.47 Å². The third kappa shape index (κ3) is 6.10. The van der Waals surface area contributed by atoms with Gasteiger partial charge in [0.2, 0.25) is 5.78 Å². The molecule has 3 rings (SSSR count). The third-order valence-electron chi connectivity index (χ3n) is 4.10. The molecule has 2 aromatic carbocycles. The van der Waals surface area contributed by atoms with Crippen molar-refractivity contribution in [3.8, 4) is 0 Å². The Hall–Kier alpha value is -2.77. The van der Waals surface area contributed by atoms with Crippen molar-refractivity contribution >= 4 is 50.5 Å². The van der Waals surface area contributed by atoms with Crippen molar-refractivity contribution in [2.75, 3.05) is 11.9 Å². The molecular weight excluding hydrogens is 454 g/mol. The van der Waals surface area contributed by atoms with Crippen LogP contribution in [0.25, 0.3) is 0 Å². The number of ketones is 2. The summed E-state index contributed by atoms with van der Waals surface area (Å²) in [5.41, 5.74) is 1.18. The summed E-state index contributed by atoms with van der Waals surface area (Å²) in [5.74, 6) is -1.12. The molecule has 1 heterocycles. The fourth-order valence-electron chi connectivity index (χ4n) is 2.61. The highest BCUT2D eigenvalue weighted by Gasteiger charge is 2.25. The van der Waals surface area contributed by atoms with E-state index >= 15 is 0 Å². The summed E-state index contributed by atoms with van der Waals surface area (Å²) >= 11 is 4.65. The Morgan fingerprint density at radius 2 is 1.66 bits per heavy atom. The predicted octanol–water partition coefficient (Wildman–Crippen LogP) is 4.99. The summed E-state index contributed by atoms with van der Waals surface area (Å²) in [6.45, 7) is -0.364. The number of carbonyl (C=O) groups excluding carboxylic acids is 3. The van der Waals surface area contributed by atoms with Crippen LogP contribution in [0.5, 0.6) is 0 Å². The third-order valence-corrected chi connectivity index (χ3v) is 5.54. The van der Waals surface area contributed by atoms with Gasteiger partial charge in [-0.1, -0.05) is 52.3 Å². The normalized spacial score (nSPS) is 11.5. The topological polar surface area (TPSA) is 72.5 Å². The standard InChI is InChI=1S/C22H18BrNO4S/c23-16-8-10-17(11-9-16)24-18(13-19(25)15-5-2-1-3-6-15)22(27)28-14-20(26)21-7-4-12-29-21/h1-12,18,24H,13-14H2/t18-/m0/s1. The number of thiophene rings is 1. The lowest BCUT2D eigenvalue weighted by molar-refractivity contribution is -0.143. The van der Waals surface area contributed by atoms with Gasteiger partial charge in [0.15, 0.2) is 12.4 Å². The number of ether oxygens (including phenoxy) is 1. The Balaban J connectivity index is 1.70. The first kappa shape index (κ1) is 21.0. The first-order chi connectivity index (χ1) is 14.0. The minimum absolute atomic E-state index is 0.0912. The molecule has 5 nitrogen and oxygen atoms in total. The minimum Gasteiger partial charge on any atom is -0.456 e. The van der Waals surface area contributed by atoms with E-state index < -0.39 is 12.0 Å². The molecule has 0 aliphatic rings. The fraction of sp³-hybridized carbons (Fsp3) is 0.136. The van der Waals surface area contributed by atoms with Crippen molar-refractivity contribution in [2.45, 2.75) is 12.5 Å². The molecule has 0 unspecified atom stereocenters. The Bertz CT molecular complexity index is 972. The Morgan fingerprint density at radius 1 is 0.931 bits per heavy atom. The molecule has 0 bridgehead atoms. The van der Waals surface area contributed by atoms with Gasteiger partial charge in [-0.05, 0) is 35.7 Å². The summed E-state index contributed by atoms with van der Waals surface area (Å²) in [4.78, 5) is 37.9. The van der Waals surface area contributed by atoms with Crippen molar-refractivity contribution in [1.82, 2.24) is 0 Å². The van der Waals surface area contributed by atoms with Crippen LogP contribution in [-0.2, 0) is 9.53 Å². The average molecular weight is 472 g/mol. The van der Waals surface area contributed by atoms with E-state index in [4.69, 9.17) is 4.74 Å². The lowest BCUT2D eigenvalue weighted by Gasteiger charge is -2.18. The van der Waals surface area contributed by atoms with Gasteiger partial charge in [-0.25, -0.2) is 4.79 Å². The van der Waals surface area contributed by atoms with E-state index in [1.54, 1.807) is 53.9 Å². The molecule has 1 N–H and O–H groups in total. The minimum atomic E-state index is -0.917. The van der Waals surface area contributed by atoms with Crippen molar-refractivity contribution in [3.05, 3.63) is 87.0 Å². The van der Waals surface area contributed by atoms with Gasteiger partial charge < -0.3 is 10.1 Å². The van der Waals surface area contributed by atoms with E-state index in [9.17, 15) is 14.4 Å². The van der Waals surface area contributed by atoms with E-state index in [0.29, 0.717) is 16.1 Å². The van der Waals surface area contributed by atoms with Gasteiger partial charge in [0.1, 0.15) is 6.04 Å². The molecule has 0 spiro atoms. The van der Waals surface area contributed by atoms with E-state index in [-0.39, 0.29) is 24.6 Å². The smallest absolute Gasteiger partial charge is 0.329 e. The van der Waals surface area contributed by atoms with Crippen LogP contribution < -0.4 is 5.32 Å². The largest absolute Gasteiger partial charge is 0.456 e. The van der Waals surface area contributed by atoms with Crippen LogP contribution in [0.15, 0.2) is 76.6 Å². The second kappa shape index (κ2) is 10.1. The quantitative estimate of drug-likeness (QED) is 0.351. The second-order valence-electron chi connectivity index (χ2n) is 6.21. The van der Waals surface area contributed by atoms with Gasteiger partial charge in [-0.2, -0.15) is 0 Å². The molecule has 0 fully saturated rings. The molecule has 0 saturated heterocycles. The lowest BCUT2D eigenvalue weighted by atomic mass is 10.0. The molecule has 0 aliphatic carbocycles. The number of anilines is 1. The number of rotatable bonds is 9. The summed E-state index contributed by atoms with van der Waals surface area (Å²) in [5, 5.41) is 4.82. The summed E-state index contributed by atoms with van der Waals surface area (Å²) in [6.07, 6.45) is -0.0912. The van der Waals surface area contributed by atoms with Crippen LogP contribution in [0, 0.1) is 0 Å². The maximum absolute atomic E-state index is 12.7. The molecule has 7 heteroatoms. The Morgan fingerprint density at radius 3 is 2.31 bits per heavy atom. The van der Waals surface area contributed by atoms with Gasteiger partial charge in [0.05, 0.1) is 4.88 Å². The molecule has 1 atom stereocenters. The Kier molecular flexibility index (Phi) is 7.32. The molecule has 148 valence electrons. The zero-order chi connectivity index (χ0) is 20.6. The number of halogens is 1. The fourth-order valence-corrected chi connectivity index (χ4v) is 3.53. The number of nitrogens with one attached hydrogen (secondary N) is 1. The molecule has 0 radical (unpaired) electrons. The van der Waals surface area contributed by atoms with Crippen LogP contribution in [0.3, 0.4) is 0 Å². The van der Waals surface area contributed by atoms with Gasteiger partial charge in [-0.3, -0.25) is 9.59 Å². The Labute approximate surface area is 180 Å². The number of carbonyl (C=O) groups is 3. The molecule has 1 aromatic heterocycles. The van der Waals surface area contributed by atoms with Gasteiger partial charge in [0.25, 0.3) is 0 Å². The molecule has 0 saturated carbocycles. The van der Waals surface area contributed by atoms with Crippen LogP contribution >= 0.6 is 27.3 Å². The first-order valence-electron chi connectivity index (χ1n) is 8.86. The van der Waals surface area contributed by atoms with E-state index in [1.165, 1.54) is 11.3 Å². The van der Waals surface area contributed by atoms with E-state index in [2.05, 4.69) is 21.2 Å². The number of hydrogen-bond donors (Lipinski definition) is 1. The highest BCUT2D eigenvalue weighted by Crippen LogP contribution is 2.18. The average Bonchev–Trinajstić information content (AvgIpc) is 3.28. The predicted molar refractivity (Wildman–Crippen MR) is 117 cm³/mol. The number of esters is 1.